The topological polar surface area (TPSA) is 49.4 Å². The van der Waals surface area contributed by atoms with Gasteiger partial charge in [-0.05, 0) is 19.3 Å². The summed E-state index contributed by atoms with van der Waals surface area (Å²) in [5.74, 6) is 0.271. The first kappa shape index (κ1) is 11.9. The summed E-state index contributed by atoms with van der Waals surface area (Å²) in [5, 5.41) is 2.86. The van der Waals surface area contributed by atoms with Crippen molar-refractivity contribution in [3.8, 4) is 0 Å². The molecule has 4 nitrogen and oxygen atoms in total. The van der Waals surface area contributed by atoms with Crippen LogP contribution in [0.1, 0.15) is 26.2 Å². The van der Waals surface area contributed by atoms with E-state index in [4.69, 9.17) is 0 Å². The summed E-state index contributed by atoms with van der Waals surface area (Å²) in [5.41, 5.74) is 0. The van der Waals surface area contributed by atoms with E-state index in [2.05, 4.69) is 21.2 Å². The Labute approximate surface area is 104 Å². The van der Waals surface area contributed by atoms with E-state index in [1.54, 1.807) is 0 Å². The highest BCUT2D eigenvalue weighted by atomic mass is 79.9. The van der Waals surface area contributed by atoms with Crippen molar-refractivity contribution in [1.82, 2.24) is 10.2 Å². The van der Waals surface area contributed by atoms with Gasteiger partial charge in [-0.3, -0.25) is 9.59 Å². The highest BCUT2D eigenvalue weighted by molar-refractivity contribution is 9.10. The third-order valence-corrected chi connectivity index (χ3v) is 4.55. The van der Waals surface area contributed by atoms with Crippen LogP contribution in [0, 0.1) is 5.92 Å². The summed E-state index contributed by atoms with van der Waals surface area (Å²) in [6, 6.07) is 0.0837. The molecule has 90 valence electrons. The average molecular weight is 289 g/mol. The minimum atomic E-state index is -0.109. The van der Waals surface area contributed by atoms with Crippen molar-refractivity contribution < 1.29 is 9.59 Å². The zero-order valence-corrected chi connectivity index (χ0v) is 11.0. The Kier molecular flexibility index (Phi) is 3.52. The van der Waals surface area contributed by atoms with Crippen LogP contribution in [0.25, 0.3) is 0 Å². The van der Waals surface area contributed by atoms with E-state index in [1.807, 2.05) is 11.8 Å². The maximum atomic E-state index is 12.1. The van der Waals surface area contributed by atoms with E-state index < -0.39 is 0 Å². The first-order chi connectivity index (χ1) is 7.65. The molecule has 16 heavy (non-hydrogen) atoms. The molecule has 2 rings (SSSR count). The molecule has 2 aliphatic rings. The van der Waals surface area contributed by atoms with Crippen molar-refractivity contribution >= 4 is 27.7 Å². The second-order valence-electron chi connectivity index (χ2n) is 4.47. The number of hydrogen-bond donors (Lipinski definition) is 1. The fraction of sp³-hybridized carbons (Fsp3) is 0.818. The van der Waals surface area contributed by atoms with Crippen LogP contribution >= 0.6 is 15.9 Å². The third kappa shape index (κ3) is 1.97. The lowest BCUT2D eigenvalue weighted by Gasteiger charge is -2.37. The minimum absolute atomic E-state index is 0.0225. The Morgan fingerprint density at radius 3 is 3.12 bits per heavy atom. The van der Waals surface area contributed by atoms with Gasteiger partial charge < -0.3 is 10.2 Å². The molecule has 3 unspecified atom stereocenters. The Morgan fingerprint density at radius 1 is 1.69 bits per heavy atom. The molecule has 0 aromatic rings. The van der Waals surface area contributed by atoms with E-state index in [1.165, 1.54) is 0 Å². The lowest BCUT2D eigenvalue weighted by atomic mass is 9.91. The maximum absolute atomic E-state index is 12.1. The zero-order chi connectivity index (χ0) is 11.7. The summed E-state index contributed by atoms with van der Waals surface area (Å²) in [6.07, 6.45) is 2.64. The number of rotatable bonds is 2. The zero-order valence-electron chi connectivity index (χ0n) is 9.41. The van der Waals surface area contributed by atoms with Gasteiger partial charge in [0.15, 0.2) is 0 Å². The lowest BCUT2D eigenvalue weighted by Crippen LogP contribution is -2.51. The maximum Gasteiger partial charge on any atom is 0.236 e. The quantitative estimate of drug-likeness (QED) is 0.768. The van der Waals surface area contributed by atoms with Crippen LogP contribution in [0.5, 0.6) is 0 Å². The molecule has 0 bridgehead atoms. The van der Waals surface area contributed by atoms with Gasteiger partial charge in [-0.2, -0.15) is 0 Å². The molecule has 2 fully saturated rings. The van der Waals surface area contributed by atoms with Crippen molar-refractivity contribution in [2.45, 2.75) is 37.1 Å². The third-order valence-electron chi connectivity index (χ3n) is 3.51. The number of nitrogens with zero attached hydrogens (tertiary/aromatic N) is 1. The summed E-state index contributed by atoms with van der Waals surface area (Å²) >= 11 is 3.39. The Balaban J connectivity index is 2.10. The summed E-state index contributed by atoms with van der Waals surface area (Å²) in [4.78, 5) is 25.4. The normalized spacial score (nSPS) is 30.9. The second kappa shape index (κ2) is 4.73. The van der Waals surface area contributed by atoms with Gasteiger partial charge in [0.25, 0.3) is 0 Å². The van der Waals surface area contributed by atoms with Gasteiger partial charge in [-0.1, -0.05) is 22.9 Å². The van der Waals surface area contributed by atoms with Gasteiger partial charge in [0.2, 0.25) is 11.8 Å². The monoisotopic (exact) mass is 288 g/mol. The molecule has 5 heteroatoms. The Hall–Kier alpha value is -0.580. The van der Waals surface area contributed by atoms with E-state index in [-0.39, 0.29) is 28.6 Å². The molecule has 0 saturated carbocycles. The van der Waals surface area contributed by atoms with Crippen LogP contribution in [-0.4, -0.2) is 40.7 Å². The number of fused-ring (bicyclic) bond motifs is 1. The first-order valence-electron chi connectivity index (χ1n) is 5.87. The van der Waals surface area contributed by atoms with E-state index >= 15 is 0 Å². The fourth-order valence-electron chi connectivity index (χ4n) is 2.58. The van der Waals surface area contributed by atoms with Crippen molar-refractivity contribution in [2.24, 2.45) is 5.92 Å². The van der Waals surface area contributed by atoms with Crippen LogP contribution < -0.4 is 5.32 Å². The van der Waals surface area contributed by atoms with Gasteiger partial charge in [0, 0.05) is 13.1 Å². The highest BCUT2D eigenvalue weighted by Crippen LogP contribution is 2.28. The molecule has 3 atom stereocenters. The number of amides is 2. The number of piperidine rings is 1. The number of likely N-dealkylation sites (tertiary alicyclic amines) is 1. The minimum Gasteiger partial charge on any atom is -0.354 e. The van der Waals surface area contributed by atoms with Gasteiger partial charge in [0.05, 0.1) is 16.8 Å². The predicted molar refractivity (Wildman–Crippen MR) is 64.2 cm³/mol. The van der Waals surface area contributed by atoms with Crippen molar-refractivity contribution in [2.75, 3.05) is 13.1 Å². The first-order valence-corrected chi connectivity index (χ1v) is 6.79. The van der Waals surface area contributed by atoms with Crippen LogP contribution in [0.15, 0.2) is 0 Å². The van der Waals surface area contributed by atoms with E-state index in [0.29, 0.717) is 6.54 Å². The molecular weight excluding hydrogens is 272 g/mol. The molecule has 0 aromatic heterocycles. The SMILES string of the molecule is CCC(Br)C(=O)N1CCCC2C(=O)NCC21. The van der Waals surface area contributed by atoms with Gasteiger partial charge in [-0.15, -0.1) is 0 Å². The molecule has 1 N–H and O–H groups in total. The number of alkyl halides is 1. The molecular formula is C11H17BrN2O2. The number of halogens is 1. The molecule has 2 heterocycles. The summed E-state index contributed by atoms with van der Waals surface area (Å²) < 4.78 is 0. The molecule has 2 saturated heterocycles. The van der Waals surface area contributed by atoms with Crippen LogP contribution in [-0.2, 0) is 9.59 Å². The molecule has 0 aromatic carbocycles. The average Bonchev–Trinajstić information content (AvgIpc) is 2.69. The lowest BCUT2D eigenvalue weighted by molar-refractivity contribution is -0.136. The van der Waals surface area contributed by atoms with Gasteiger partial charge >= 0.3 is 0 Å². The Bertz CT molecular complexity index is 308. The van der Waals surface area contributed by atoms with Crippen LogP contribution in [0.3, 0.4) is 0 Å². The molecule has 2 amide bonds. The van der Waals surface area contributed by atoms with Crippen LogP contribution in [0.4, 0.5) is 0 Å². The largest absolute Gasteiger partial charge is 0.354 e. The molecule has 0 aliphatic carbocycles. The fourth-order valence-corrected chi connectivity index (χ4v) is 2.84. The second-order valence-corrected chi connectivity index (χ2v) is 5.57. The predicted octanol–water partition coefficient (Wildman–Crippen LogP) is 0.897. The van der Waals surface area contributed by atoms with E-state index in [9.17, 15) is 9.59 Å². The summed E-state index contributed by atoms with van der Waals surface area (Å²) in [6.45, 7) is 3.40. The van der Waals surface area contributed by atoms with E-state index in [0.717, 1.165) is 25.8 Å². The summed E-state index contributed by atoms with van der Waals surface area (Å²) in [7, 11) is 0. The Morgan fingerprint density at radius 2 is 2.44 bits per heavy atom. The van der Waals surface area contributed by atoms with Crippen LogP contribution in [0.2, 0.25) is 0 Å². The van der Waals surface area contributed by atoms with Gasteiger partial charge in [-0.25, -0.2) is 0 Å². The number of nitrogens with one attached hydrogen (secondary N) is 1. The molecule has 0 spiro atoms. The standard InChI is InChI=1S/C11H17BrN2O2/c1-2-8(12)11(16)14-5-3-4-7-9(14)6-13-10(7)15/h7-9H,2-6H2,1H3,(H,13,15). The van der Waals surface area contributed by atoms with Crippen molar-refractivity contribution in [3.63, 3.8) is 0 Å². The van der Waals surface area contributed by atoms with Crippen molar-refractivity contribution in [3.05, 3.63) is 0 Å². The van der Waals surface area contributed by atoms with Crippen molar-refractivity contribution in [1.29, 1.82) is 0 Å². The highest BCUT2D eigenvalue weighted by Gasteiger charge is 2.43. The number of hydrogen-bond acceptors (Lipinski definition) is 2. The van der Waals surface area contributed by atoms with Gasteiger partial charge in [0.1, 0.15) is 0 Å². The molecule has 2 aliphatic heterocycles. The number of carbonyl (C=O) groups is 2. The molecule has 0 radical (unpaired) electrons. The number of carbonyl (C=O) groups excluding carboxylic acids is 2. The smallest absolute Gasteiger partial charge is 0.236 e.